The van der Waals surface area contributed by atoms with Gasteiger partial charge in [0, 0.05) is 17.1 Å². The number of hydrogen-bond acceptors (Lipinski definition) is 3. The van der Waals surface area contributed by atoms with Crippen LogP contribution in [0.15, 0.2) is 22.7 Å². The molecule has 2 N–H and O–H groups in total. The zero-order valence-electron chi connectivity index (χ0n) is 10.7. The Morgan fingerprint density at radius 2 is 2.20 bits per heavy atom. The van der Waals surface area contributed by atoms with E-state index in [-0.39, 0.29) is 12.3 Å². The number of halogens is 2. The number of nitrogens with zero attached hydrogens (tertiary/aromatic N) is 1. The van der Waals surface area contributed by atoms with Crippen LogP contribution >= 0.6 is 15.9 Å². The summed E-state index contributed by atoms with van der Waals surface area (Å²) in [5.74, 6) is -0.453. The van der Waals surface area contributed by atoms with E-state index in [9.17, 15) is 17.9 Å². The highest BCUT2D eigenvalue weighted by Crippen LogP contribution is 2.27. The molecule has 20 heavy (non-hydrogen) atoms. The Morgan fingerprint density at radius 1 is 1.45 bits per heavy atom. The van der Waals surface area contributed by atoms with E-state index in [2.05, 4.69) is 20.7 Å². The highest BCUT2D eigenvalue weighted by molar-refractivity contribution is 9.10. The van der Waals surface area contributed by atoms with Gasteiger partial charge in [-0.25, -0.2) is 4.39 Å². The fourth-order valence-corrected chi connectivity index (χ4v) is 4.33. The first-order valence-corrected chi connectivity index (χ1v) is 8.53. The molecule has 1 fully saturated rings. The summed E-state index contributed by atoms with van der Waals surface area (Å²) in [5.41, 5.74) is 0.272. The Kier molecular flexibility index (Phi) is 5.00. The predicted octanol–water partition coefficient (Wildman–Crippen LogP) is 2.09. The molecule has 2 rings (SSSR count). The first-order valence-electron chi connectivity index (χ1n) is 6.29. The number of piperidine rings is 1. The van der Waals surface area contributed by atoms with Crippen molar-refractivity contribution >= 4 is 31.8 Å². The summed E-state index contributed by atoms with van der Waals surface area (Å²) in [5, 5.41) is 9.29. The molecular formula is C12H16BrFN2O3S. The van der Waals surface area contributed by atoms with Gasteiger partial charge in [-0.05, 0) is 47.0 Å². The zero-order valence-corrected chi connectivity index (χ0v) is 13.1. The third kappa shape index (κ3) is 3.49. The fraction of sp³-hybridized carbons (Fsp3) is 0.500. The predicted molar refractivity (Wildman–Crippen MR) is 78.1 cm³/mol. The lowest BCUT2D eigenvalue weighted by Crippen LogP contribution is -2.47. The van der Waals surface area contributed by atoms with Crippen LogP contribution in [-0.4, -0.2) is 37.0 Å². The number of rotatable bonds is 4. The molecule has 1 aliphatic heterocycles. The summed E-state index contributed by atoms with van der Waals surface area (Å²) in [7, 11) is -3.76. The minimum absolute atomic E-state index is 0.203. The number of anilines is 1. The van der Waals surface area contributed by atoms with E-state index in [1.807, 2.05) is 0 Å². The van der Waals surface area contributed by atoms with Crippen LogP contribution in [0.4, 0.5) is 10.1 Å². The summed E-state index contributed by atoms with van der Waals surface area (Å²) in [6.07, 6.45) is 2.31. The molecule has 1 aliphatic rings. The first-order chi connectivity index (χ1) is 9.44. The van der Waals surface area contributed by atoms with Crippen molar-refractivity contribution < 1.29 is 17.9 Å². The maximum atomic E-state index is 13.0. The van der Waals surface area contributed by atoms with Crippen molar-refractivity contribution in [1.82, 2.24) is 4.31 Å². The van der Waals surface area contributed by atoms with Gasteiger partial charge in [0.25, 0.3) is 0 Å². The van der Waals surface area contributed by atoms with Gasteiger partial charge in [-0.15, -0.1) is 0 Å². The average molecular weight is 367 g/mol. The van der Waals surface area contributed by atoms with E-state index in [4.69, 9.17) is 0 Å². The summed E-state index contributed by atoms with van der Waals surface area (Å²) >= 11 is 3.12. The van der Waals surface area contributed by atoms with E-state index >= 15 is 0 Å². The third-order valence-electron chi connectivity index (χ3n) is 3.26. The number of hydrogen-bond donors (Lipinski definition) is 2. The van der Waals surface area contributed by atoms with Crippen LogP contribution in [0.25, 0.3) is 0 Å². The molecule has 1 aromatic carbocycles. The molecule has 5 nitrogen and oxygen atoms in total. The van der Waals surface area contributed by atoms with Crippen molar-refractivity contribution in [2.24, 2.45) is 0 Å². The SMILES string of the molecule is O=S(=O)(Nc1ccc(F)cc1Br)N1CCCCC1CO. The molecule has 0 bridgehead atoms. The van der Waals surface area contributed by atoms with Gasteiger partial charge >= 0.3 is 10.2 Å². The largest absolute Gasteiger partial charge is 0.395 e. The molecule has 0 aliphatic carbocycles. The summed E-state index contributed by atoms with van der Waals surface area (Å²) in [4.78, 5) is 0. The lowest BCUT2D eigenvalue weighted by Gasteiger charge is -2.33. The molecule has 0 amide bonds. The van der Waals surface area contributed by atoms with Crippen molar-refractivity contribution in [2.45, 2.75) is 25.3 Å². The number of aliphatic hydroxyl groups excluding tert-OH is 1. The van der Waals surface area contributed by atoms with Crippen molar-refractivity contribution in [3.8, 4) is 0 Å². The van der Waals surface area contributed by atoms with Crippen molar-refractivity contribution in [2.75, 3.05) is 17.9 Å². The lowest BCUT2D eigenvalue weighted by atomic mass is 10.1. The smallest absolute Gasteiger partial charge is 0.302 e. The van der Waals surface area contributed by atoms with Crippen LogP contribution in [0, 0.1) is 5.82 Å². The zero-order chi connectivity index (χ0) is 14.8. The topological polar surface area (TPSA) is 69.6 Å². The first kappa shape index (κ1) is 15.7. The Hall–Kier alpha value is -0.700. The minimum Gasteiger partial charge on any atom is -0.395 e. The molecule has 1 atom stereocenters. The summed E-state index contributed by atoms with van der Waals surface area (Å²) < 4.78 is 41.7. The van der Waals surface area contributed by atoms with E-state index in [1.165, 1.54) is 22.5 Å². The maximum Gasteiger partial charge on any atom is 0.302 e. The van der Waals surface area contributed by atoms with E-state index in [0.717, 1.165) is 12.8 Å². The Balaban J connectivity index is 2.21. The van der Waals surface area contributed by atoms with E-state index < -0.39 is 22.1 Å². The summed E-state index contributed by atoms with van der Waals surface area (Å²) in [6.45, 7) is 0.171. The normalized spacial score (nSPS) is 20.9. The van der Waals surface area contributed by atoms with Crippen LogP contribution in [0.3, 0.4) is 0 Å². The maximum absolute atomic E-state index is 13.0. The second kappa shape index (κ2) is 6.38. The molecule has 1 unspecified atom stereocenters. The van der Waals surface area contributed by atoms with Crippen LogP contribution < -0.4 is 4.72 Å². The Bertz CT molecular complexity index is 582. The van der Waals surface area contributed by atoms with Gasteiger partial charge in [0.05, 0.1) is 12.3 Å². The van der Waals surface area contributed by atoms with E-state index in [0.29, 0.717) is 17.4 Å². The highest BCUT2D eigenvalue weighted by atomic mass is 79.9. The van der Waals surface area contributed by atoms with Gasteiger partial charge in [0.2, 0.25) is 0 Å². The molecule has 0 spiro atoms. The van der Waals surface area contributed by atoms with Crippen LogP contribution in [0.2, 0.25) is 0 Å². The van der Waals surface area contributed by atoms with Crippen LogP contribution in [0.1, 0.15) is 19.3 Å². The molecule has 8 heteroatoms. The molecule has 1 aromatic rings. The molecular weight excluding hydrogens is 351 g/mol. The summed E-state index contributed by atoms with van der Waals surface area (Å²) in [6, 6.07) is 3.33. The van der Waals surface area contributed by atoms with Gasteiger partial charge in [-0.3, -0.25) is 4.72 Å². The van der Waals surface area contributed by atoms with Gasteiger partial charge in [-0.2, -0.15) is 12.7 Å². The monoisotopic (exact) mass is 366 g/mol. The molecule has 1 heterocycles. The lowest BCUT2D eigenvalue weighted by molar-refractivity contribution is 0.156. The van der Waals surface area contributed by atoms with Gasteiger partial charge < -0.3 is 5.11 Å². The van der Waals surface area contributed by atoms with Gasteiger partial charge in [0.15, 0.2) is 0 Å². The highest BCUT2D eigenvalue weighted by Gasteiger charge is 2.32. The second-order valence-electron chi connectivity index (χ2n) is 4.67. The molecule has 1 saturated heterocycles. The van der Waals surface area contributed by atoms with Gasteiger partial charge in [-0.1, -0.05) is 6.42 Å². The third-order valence-corrected chi connectivity index (χ3v) is 5.49. The fourth-order valence-electron chi connectivity index (χ4n) is 2.24. The van der Waals surface area contributed by atoms with Crippen LogP contribution in [-0.2, 0) is 10.2 Å². The van der Waals surface area contributed by atoms with Crippen molar-refractivity contribution in [3.63, 3.8) is 0 Å². The minimum atomic E-state index is -3.76. The number of aliphatic hydroxyl groups is 1. The number of benzene rings is 1. The average Bonchev–Trinajstić information content (AvgIpc) is 2.42. The Morgan fingerprint density at radius 3 is 2.85 bits per heavy atom. The molecule has 112 valence electrons. The van der Waals surface area contributed by atoms with Crippen molar-refractivity contribution in [1.29, 1.82) is 0 Å². The Labute approximate surface area is 126 Å². The molecule has 0 saturated carbocycles. The molecule has 0 radical (unpaired) electrons. The standard InChI is InChI=1S/C12H16BrFN2O3S/c13-11-7-9(14)4-5-12(11)15-20(18,19)16-6-2-1-3-10(16)8-17/h4-5,7,10,15,17H,1-3,6,8H2. The van der Waals surface area contributed by atoms with Crippen LogP contribution in [0.5, 0.6) is 0 Å². The number of nitrogens with one attached hydrogen (secondary N) is 1. The second-order valence-corrected chi connectivity index (χ2v) is 7.15. The quantitative estimate of drug-likeness (QED) is 0.856. The van der Waals surface area contributed by atoms with Gasteiger partial charge in [0.1, 0.15) is 5.82 Å². The van der Waals surface area contributed by atoms with E-state index in [1.54, 1.807) is 0 Å². The molecule has 0 aromatic heterocycles. The van der Waals surface area contributed by atoms with Crippen molar-refractivity contribution in [3.05, 3.63) is 28.5 Å².